The quantitative estimate of drug-likeness (QED) is 0.598. The number of ether oxygens (including phenoxy) is 1. The maximum Gasteiger partial charge on any atom is 0.416 e. The summed E-state index contributed by atoms with van der Waals surface area (Å²) in [6.07, 6.45) is 5.51. The lowest BCUT2D eigenvalue weighted by molar-refractivity contribution is -0.670. The number of amides is 1. The number of carbonyl (C=O) groups excluding carboxylic acids is 1. The number of rotatable bonds is 0. The first kappa shape index (κ1) is 11.1. The minimum Gasteiger partial charge on any atom is -0.375 e. The number of nitrogens with zero attached hydrogens (tertiary/aromatic N) is 3. The van der Waals surface area contributed by atoms with Gasteiger partial charge in [-0.3, -0.25) is 4.90 Å². The van der Waals surface area contributed by atoms with E-state index in [1.165, 1.54) is 0 Å². The van der Waals surface area contributed by atoms with Crippen molar-refractivity contribution in [3.8, 4) is 0 Å². The summed E-state index contributed by atoms with van der Waals surface area (Å²) in [6.45, 7) is 5.26. The molecule has 1 saturated heterocycles. The third kappa shape index (κ3) is 2.09. The number of carbonyl (C=O) groups is 1. The molecule has 16 heavy (non-hydrogen) atoms. The Kier molecular flexibility index (Phi) is 2.96. The first-order valence-electron chi connectivity index (χ1n) is 5.53. The third-order valence-corrected chi connectivity index (χ3v) is 2.84. The van der Waals surface area contributed by atoms with E-state index in [9.17, 15) is 4.79 Å². The summed E-state index contributed by atoms with van der Waals surface area (Å²) >= 11 is 0. The Morgan fingerprint density at radius 3 is 2.88 bits per heavy atom. The average Bonchev–Trinajstić information content (AvgIpc) is 2.67. The number of aromatic nitrogens is 2. The Bertz CT molecular complexity index is 388. The van der Waals surface area contributed by atoms with Crippen molar-refractivity contribution >= 4 is 6.03 Å². The standard InChI is InChI=1S/C11H18N3O2/c1-9-7-16-10(2)6-14(9)11(15)13-5-4-12(3)8-13/h4-5,8-10H,6-7H2,1-3H3/q+1. The minimum atomic E-state index is 0.0169. The van der Waals surface area contributed by atoms with Gasteiger partial charge in [-0.2, -0.15) is 4.57 Å². The highest BCUT2D eigenvalue weighted by Crippen LogP contribution is 2.12. The predicted molar refractivity (Wildman–Crippen MR) is 58.0 cm³/mol. The molecule has 88 valence electrons. The lowest BCUT2D eigenvalue weighted by Gasteiger charge is -2.34. The van der Waals surface area contributed by atoms with E-state index in [4.69, 9.17) is 4.74 Å². The molecule has 1 aromatic rings. The van der Waals surface area contributed by atoms with Crippen molar-refractivity contribution in [3.05, 3.63) is 18.7 Å². The van der Waals surface area contributed by atoms with E-state index in [0.717, 1.165) is 0 Å². The van der Waals surface area contributed by atoms with Gasteiger partial charge in [0, 0.05) is 0 Å². The normalized spacial score (nSPS) is 25.8. The zero-order chi connectivity index (χ0) is 11.7. The number of imidazole rings is 1. The molecule has 1 aliphatic heterocycles. The van der Waals surface area contributed by atoms with Gasteiger partial charge in [-0.15, -0.1) is 0 Å². The molecule has 0 aromatic carbocycles. The Morgan fingerprint density at radius 2 is 2.25 bits per heavy atom. The molecular weight excluding hydrogens is 206 g/mol. The van der Waals surface area contributed by atoms with Crippen LogP contribution >= 0.6 is 0 Å². The molecule has 2 rings (SSSR count). The molecule has 1 fully saturated rings. The van der Waals surface area contributed by atoms with Crippen LogP contribution in [0.15, 0.2) is 18.7 Å². The van der Waals surface area contributed by atoms with Gasteiger partial charge >= 0.3 is 6.03 Å². The zero-order valence-corrected chi connectivity index (χ0v) is 9.96. The first-order chi connectivity index (χ1) is 7.58. The maximum absolute atomic E-state index is 12.2. The van der Waals surface area contributed by atoms with Crippen molar-refractivity contribution in [2.75, 3.05) is 13.2 Å². The van der Waals surface area contributed by atoms with Crippen molar-refractivity contribution in [1.82, 2.24) is 9.47 Å². The van der Waals surface area contributed by atoms with Gasteiger partial charge in [-0.25, -0.2) is 9.36 Å². The van der Waals surface area contributed by atoms with Crippen LogP contribution in [0.2, 0.25) is 0 Å². The average molecular weight is 224 g/mol. The maximum atomic E-state index is 12.2. The van der Waals surface area contributed by atoms with Crippen molar-refractivity contribution in [3.63, 3.8) is 0 Å². The molecule has 5 nitrogen and oxygen atoms in total. The molecule has 0 bridgehead atoms. The fourth-order valence-electron chi connectivity index (χ4n) is 1.88. The largest absolute Gasteiger partial charge is 0.416 e. The Hall–Kier alpha value is -1.36. The van der Waals surface area contributed by atoms with Gasteiger partial charge in [0.2, 0.25) is 0 Å². The predicted octanol–water partition coefficient (Wildman–Crippen LogP) is 0.390. The van der Waals surface area contributed by atoms with Crippen LogP contribution in [0.25, 0.3) is 0 Å². The molecule has 1 aliphatic rings. The summed E-state index contributed by atoms with van der Waals surface area (Å²) in [5.41, 5.74) is 0. The molecule has 1 amide bonds. The lowest BCUT2D eigenvalue weighted by atomic mass is 10.2. The number of aryl methyl sites for hydroxylation is 1. The summed E-state index contributed by atoms with van der Waals surface area (Å²) in [7, 11) is 1.90. The molecule has 2 unspecified atom stereocenters. The van der Waals surface area contributed by atoms with Gasteiger partial charge < -0.3 is 4.74 Å². The zero-order valence-electron chi connectivity index (χ0n) is 9.96. The Labute approximate surface area is 95.2 Å². The van der Waals surface area contributed by atoms with Crippen molar-refractivity contribution < 1.29 is 14.1 Å². The van der Waals surface area contributed by atoms with Crippen LogP contribution in [0.3, 0.4) is 0 Å². The Morgan fingerprint density at radius 1 is 1.50 bits per heavy atom. The van der Waals surface area contributed by atoms with Gasteiger partial charge in [0.05, 0.1) is 32.3 Å². The van der Waals surface area contributed by atoms with E-state index < -0.39 is 0 Å². The van der Waals surface area contributed by atoms with E-state index in [1.54, 1.807) is 17.1 Å². The van der Waals surface area contributed by atoms with E-state index in [-0.39, 0.29) is 18.2 Å². The number of hydrogen-bond acceptors (Lipinski definition) is 2. The van der Waals surface area contributed by atoms with Crippen molar-refractivity contribution in [2.45, 2.75) is 26.0 Å². The summed E-state index contributed by atoms with van der Waals surface area (Å²) in [4.78, 5) is 14.0. The summed E-state index contributed by atoms with van der Waals surface area (Å²) < 4.78 is 8.96. The summed E-state index contributed by atoms with van der Waals surface area (Å²) in [6, 6.07) is 0.152. The number of morpholine rings is 1. The molecule has 0 radical (unpaired) electrons. The fraction of sp³-hybridized carbons (Fsp3) is 0.636. The second kappa shape index (κ2) is 4.25. The van der Waals surface area contributed by atoms with Crippen LogP contribution in [0, 0.1) is 0 Å². The van der Waals surface area contributed by atoms with Crippen LogP contribution in [0.4, 0.5) is 4.79 Å². The summed E-state index contributed by atoms with van der Waals surface area (Å²) in [5.74, 6) is 0. The molecule has 0 saturated carbocycles. The topological polar surface area (TPSA) is 38.4 Å². The molecule has 0 N–H and O–H groups in total. The third-order valence-electron chi connectivity index (χ3n) is 2.84. The fourth-order valence-corrected chi connectivity index (χ4v) is 1.88. The number of hydrogen-bond donors (Lipinski definition) is 0. The second-order valence-corrected chi connectivity index (χ2v) is 4.41. The highest BCUT2D eigenvalue weighted by Gasteiger charge is 2.31. The molecule has 0 spiro atoms. The molecule has 2 atom stereocenters. The first-order valence-corrected chi connectivity index (χ1v) is 5.53. The lowest BCUT2D eigenvalue weighted by Crippen LogP contribution is -2.51. The monoisotopic (exact) mass is 224 g/mol. The summed E-state index contributed by atoms with van der Waals surface area (Å²) in [5, 5.41) is 0. The highest BCUT2D eigenvalue weighted by molar-refractivity contribution is 5.76. The smallest absolute Gasteiger partial charge is 0.375 e. The molecule has 5 heteroatoms. The van der Waals surface area contributed by atoms with Gasteiger partial charge in [0.15, 0.2) is 0 Å². The Balaban J connectivity index is 2.14. The van der Waals surface area contributed by atoms with Gasteiger partial charge in [-0.1, -0.05) is 0 Å². The van der Waals surface area contributed by atoms with Crippen LogP contribution in [0.5, 0.6) is 0 Å². The van der Waals surface area contributed by atoms with Gasteiger partial charge in [-0.05, 0) is 13.8 Å². The molecule has 2 heterocycles. The molecular formula is C11H18N3O2+. The van der Waals surface area contributed by atoms with E-state index in [2.05, 4.69) is 0 Å². The van der Waals surface area contributed by atoms with Crippen LogP contribution in [-0.4, -0.2) is 40.8 Å². The molecule has 1 aromatic heterocycles. The SMILES string of the molecule is CC1CN(C(=O)n2cc[n+](C)c2)C(C)CO1. The van der Waals surface area contributed by atoms with E-state index >= 15 is 0 Å². The van der Waals surface area contributed by atoms with Crippen LogP contribution in [-0.2, 0) is 11.8 Å². The molecule has 0 aliphatic carbocycles. The second-order valence-electron chi connectivity index (χ2n) is 4.41. The van der Waals surface area contributed by atoms with E-state index in [0.29, 0.717) is 13.2 Å². The van der Waals surface area contributed by atoms with Crippen molar-refractivity contribution in [2.24, 2.45) is 7.05 Å². The highest BCUT2D eigenvalue weighted by atomic mass is 16.5. The van der Waals surface area contributed by atoms with Gasteiger partial charge in [0.1, 0.15) is 12.4 Å². The van der Waals surface area contributed by atoms with Crippen molar-refractivity contribution in [1.29, 1.82) is 0 Å². The van der Waals surface area contributed by atoms with Crippen LogP contribution < -0.4 is 4.57 Å². The van der Waals surface area contributed by atoms with Gasteiger partial charge in [0.25, 0.3) is 6.33 Å². The van der Waals surface area contributed by atoms with E-state index in [1.807, 2.05) is 36.6 Å². The van der Waals surface area contributed by atoms with Crippen LogP contribution in [0.1, 0.15) is 13.8 Å². The minimum absolute atomic E-state index is 0.0169.